The molecule has 0 aliphatic carbocycles. The first kappa shape index (κ1) is 13.2. The zero-order chi connectivity index (χ0) is 13.3. The SMILES string of the molecule is CC(O)c1ccc(N2CCNC(=O)C2C)cc1Cl. The Morgan fingerprint density at radius 2 is 2.28 bits per heavy atom. The van der Waals surface area contributed by atoms with Crippen LogP contribution in [0.3, 0.4) is 0 Å². The van der Waals surface area contributed by atoms with Crippen LogP contribution in [0.5, 0.6) is 0 Å². The Morgan fingerprint density at radius 1 is 1.56 bits per heavy atom. The van der Waals surface area contributed by atoms with Crippen molar-refractivity contribution in [3.05, 3.63) is 28.8 Å². The summed E-state index contributed by atoms with van der Waals surface area (Å²) in [5.74, 6) is 0.0250. The second-order valence-corrected chi connectivity index (χ2v) is 4.95. The lowest BCUT2D eigenvalue weighted by Gasteiger charge is -2.35. The van der Waals surface area contributed by atoms with Crippen LogP contribution in [0.1, 0.15) is 25.5 Å². The molecule has 1 aromatic carbocycles. The number of rotatable bonds is 2. The summed E-state index contributed by atoms with van der Waals surface area (Å²) in [6.07, 6.45) is -0.589. The quantitative estimate of drug-likeness (QED) is 0.859. The van der Waals surface area contributed by atoms with Crippen molar-refractivity contribution in [2.45, 2.75) is 26.0 Å². The molecular weight excluding hydrogens is 252 g/mol. The molecule has 2 unspecified atom stereocenters. The molecule has 1 aliphatic heterocycles. The number of aliphatic hydroxyl groups excluding tert-OH is 1. The van der Waals surface area contributed by atoms with Crippen molar-refractivity contribution < 1.29 is 9.90 Å². The minimum atomic E-state index is -0.589. The first-order valence-corrected chi connectivity index (χ1v) is 6.40. The lowest BCUT2D eigenvalue weighted by molar-refractivity contribution is -0.122. The van der Waals surface area contributed by atoms with E-state index in [1.807, 2.05) is 24.0 Å². The fourth-order valence-electron chi connectivity index (χ4n) is 2.17. The molecule has 0 spiro atoms. The molecule has 18 heavy (non-hydrogen) atoms. The van der Waals surface area contributed by atoms with Crippen molar-refractivity contribution in [2.75, 3.05) is 18.0 Å². The Labute approximate surface area is 112 Å². The van der Waals surface area contributed by atoms with Gasteiger partial charge in [-0.05, 0) is 31.5 Å². The zero-order valence-corrected chi connectivity index (χ0v) is 11.2. The van der Waals surface area contributed by atoms with Gasteiger partial charge >= 0.3 is 0 Å². The fourth-order valence-corrected chi connectivity index (χ4v) is 2.50. The fraction of sp³-hybridized carbons (Fsp3) is 0.462. The number of hydrogen-bond acceptors (Lipinski definition) is 3. The van der Waals surface area contributed by atoms with E-state index >= 15 is 0 Å². The Hall–Kier alpha value is -1.26. The summed E-state index contributed by atoms with van der Waals surface area (Å²) in [5.41, 5.74) is 1.61. The van der Waals surface area contributed by atoms with E-state index in [2.05, 4.69) is 5.32 Å². The lowest BCUT2D eigenvalue weighted by Crippen LogP contribution is -2.54. The van der Waals surface area contributed by atoms with Crippen LogP contribution in [0.4, 0.5) is 5.69 Å². The maximum absolute atomic E-state index is 11.6. The van der Waals surface area contributed by atoms with E-state index in [-0.39, 0.29) is 11.9 Å². The smallest absolute Gasteiger partial charge is 0.242 e. The minimum Gasteiger partial charge on any atom is -0.389 e. The van der Waals surface area contributed by atoms with Crippen molar-refractivity contribution >= 4 is 23.2 Å². The zero-order valence-electron chi connectivity index (χ0n) is 10.5. The molecule has 2 atom stereocenters. The summed E-state index contributed by atoms with van der Waals surface area (Å²) in [6.45, 7) is 4.94. The number of carbonyl (C=O) groups excluding carboxylic acids is 1. The van der Waals surface area contributed by atoms with Crippen LogP contribution in [0.25, 0.3) is 0 Å². The number of anilines is 1. The van der Waals surface area contributed by atoms with Gasteiger partial charge in [0.2, 0.25) is 5.91 Å². The highest BCUT2D eigenvalue weighted by atomic mass is 35.5. The third-order valence-corrected chi connectivity index (χ3v) is 3.59. The van der Waals surface area contributed by atoms with Gasteiger partial charge in [0.15, 0.2) is 0 Å². The lowest BCUT2D eigenvalue weighted by atomic mass is 10.1. The predicted octanol–water partition coefficient (Wildman–Crippen LogP) is 1.72. The highest BCUT2D eigenvalue weighted by Crippen LogP contribution is 2.29. The van der Waals surface area contributed by atoms with Crippen LogP contribution in [0.2, 0.25) is 5.02 Å². The van der Waals surface area contributed by atoms with Gasteiger partial charge in [-0.1, -0.05) is 17.7 Å². The Bertz CT molecular complexity index is 462. The van der Waals surface area contributed by atoms with Gasteiger partial charge in [-0.25, -0.2) is 0 Å². The summed E-state index contributed by atoms with van der Waals surface area (Å²) in [4.78, 5) is 13.6. The summed E-state index contributed by atoms with van der Waals surface area (Å²) in [5, 5.41) is 12.9. The molecule has 4 nitrogen and oxygen atoms in total. The van der Waals surface area contributed by atoms with Gasteiger partial charge in [0.05, 0.1) is 6.10 Å². The van der Waals surface area contributed by atoms with E-state index in [0.717, 1.165) is 12.2 Å². The van der Waals surface area contributed by atoms with E-state index in [4.69, 9.17) is 11.6 Å². The van der Waals surface area contributed by atoms with E-state index in [0.29, 0.717) is 17.1 Å². The number of hydrogen-bond donors (Lipinski definition) is 2. The van der Waals surface area contributed by atoms with Gasteiger partial charge in [0.25, 0.3) is 0 Å². The van der Waals surface area contributed by atoms with Gasteiger partial charge in [-0.2, -0.15) is 0 Å². The maximum atomic E-state index is 11.6. The van der Waals surface area contributed by atoms with Crippen molar-refractivity contribution in [3.8, 4) is 0 Å². The Balaban J connectivity index is 2.28. The molecule has 5 heteroatoms. The molecule has 98 valence electrons. The monoisotopic (exact) mass is 268 g/mol. The van der Waals surface area contributed by atoms with E-state index in [1.54, 1.807) is 13.0 Å². The van der Waals surface area contributed by atoms with Gasteiger partial charge in [0.1, 0.15) is 6.04 Å². The normalized spacial score (nSPS) is 21.7. The number of aliphatic hydroxyl groups is 1. The topological polar surface area (TPSA) is 52.6 Å². The van der Waals surface area contributed by atoms with E-state index in [1.165, 1.54) is 0 Å². The average molecular weight is 269 g/mol. The predicted molar refractivity (Wildman–Crippen MR) is 71.9 cm³/mol. The molecule has 2 N–H and O–H groups in total. The molecule has 2 rings (SSSR count). The van der Waals surface area contributed by atoms with Crippen LogP contribution in [0, 0.1) is 0 Å². The molecular formula is C13H17ClN2O2. The second-order valence-electron chi connectivity index (χ2n) is 4.54. The Kier molecular flexibility index (Phi) is 3.78. The standard InChI is InChI=1S/C13H17ClN2O2/c1-8-13(18)15-5-6-16(8)10-3-4-11(9(2)17)12(14)7-10/h3-4,7-9,17H,5-6H2,1-2H3,(H,15,18). The van der Waals surface area contributed by atoms with Crippen LogP contribution in [0.15, 0.2) is 18.2 Å². The summed E-state index contributed by atoms with van der Waals surface area (Å²) in [6, 6.07) is 5.30. The molecule has 0 aromatic heterocycles. The van der Waals surface area contributed by atoms with Crippen molar-refractivity contribution in [1.29, 1.82) is 0 Å². The maximum Gasteiger partial charge on any atom is 0.242 e. The number of halogens is 1. The number of benzene rings is 1. The number of carbonyl (C=O) groups is 1. The summed E-state index contributed by atoms with van der Waals surface area (Å²) >= 11 is 6.14. The first-order chi connectivity index (χ1) is 8.50. The highest BCUT2D eigenvalue weighted by molar-refractivity contribution is 6.31. The second kappa shape index (κ2) is 5.16. The van der Waals surface area contributed by atoms with Gasteiger partial charge in [-0.3, -0.25) is 4.79 Å². The molecule has 1 fully saturated rings. The number of piperazine rings is 1. The largest absolute Gasteiger partial charge is 0.389 e. The third-order valence-electron chi connectivity index (χ3n) is 3.26. The summed E-state index contributed by atoms with van der Waals surface area (Å²) in [7, 11) is 0. The molecule has 0 bridgehead atoms. The van der Waals surface area contributed by atoms with Crippen LogP contribution >= 0.6 is 11.6 Å². The van der Waals surface area contributed by atoms with Crippen molar-refractivity contribution in [2.24, 2.45) is 0 Å². The van der Waals surface area contributed by atoms with Crippen molar-refractivity contribution in [1.82, 2.24) is 5.32 Å². The molecule has 1 saturated heterocycles. The van der Waals surface area contributed by atoms with Gasteiger partial charge in [0, 0.05) is 23.8 Å². The molecule has 1 amide bonds. The van der Waals surface area contributed by atoms with Gasteiger partial charge < -0.3 is 15.3 Å². The molecule has 1 aliphatic rings. The highest BCUT2D eigenvalue weighted by Gasteiger charge is 2.25. The number of nitrogens with one attached hydrogen (secondary N) is 1. The molecule has 0 radical (unpaired) electrons. The molecule has 1 heterocycles. The third kappa shape index (κ3) is 2.44. The van der Waals surface area contributed by atoms with E-state index < -0.39 is 6.10 Å². The molecule has 1 aromatic rings. The first-order valence-electron chi connectivity index (χ1n) is 6.02. The summed E-state index contributed by atoms with van der Waals surface area (Å²) < 4.78 is 0. The molecule has 0 saturated carbocycles. The van der Waals surface area contributed by atoms with Crippen LogP contribution < -0.4 is 10.2 Å². The van der Waals surface area contributed by atoms with Crippen molar-refractivity contribution in [3.63, 3.8) is 0 Å². The number of nitrogens with zero attached hydrogens (tertiary/aromatic N) is 1. The van der Waals surface area contributed by atoms with E-state index in [9.17, 15) is 9.90 Å². The van der Waals surface area contributed by atoms with Crippen LogP contribution in [-0.2, 0) is 4.79 Å². The Morgan fingerprint density at radius 3 is 2.89 bits per heavy atom. The average Bonchev–Trinajstić information content (AvgIpc) is 2.32. The van der Waals surface area contributed by atoms with Crippen LogP contribution in [-0.4, -0.2) is 30.1 Å². The van der Waals surface area contributed by atoms with Gasteiger partial charge in [-0.15, -0.1) is 0 Å². The number of amides is 1. The minimum absolute atomic E-state index is 0.0250.